The number of halogens is 1. The van der Waals surface area contributed by atoms with Crippen LogP contribution in [0.15, 0.2) is 42.0 Å². The van der Waals surface area contributed by atoms with Crippen LogP contribution in [0.4, 0.5) is 5.69 Å². The van der Waals surface area contributed by atoms with E-state index >= 15 is 0 Å². The molecule has 2 rings (SSSR count). The zero-order valence-corrected chi connectivity index (χ0v) is 18.2. The van der Waals surface area contributed by atoms with E-state index in [0.29, 0.717) is 40.1 Å². The number of nitrogens with zero attached hydrogens (tertiary/aromatic N) is 1. The summed E-state index contributed by atoms with van der Waals surface area (Å²) in [6.07, 6.45) is 2.23. The van der Waals surface area contributed by atoms with Crippen molar-refractivity contribution in [2.24, 2.45) is 0 Å². The first-order chi connectivity index (χ1) is 14.4. The number of carbonyl (C=O) groups excluding carboxylic acids is 1. The summed E-state index contributed by atoms with van der Waals surface area (Å²) in [6, 6.07) is 12.1. The molecule has 6 nitrogen and oxygen atoms in total. The molecule has 0 aliphatic heterocycles. The summed E-state index contributed by atoms with van der Waals surface area (Å²) in [7, 11) is 1.51. The number of benzene rings is 2. The van der Waals surface area contributed by atoms with Gasteiger partial charge >= 0.3 is 0 Å². The average molecular weight is 429 g/mol. The van der Waals surface area contributed by atoms with Crippen LogP contribution < -0.4 is 19.5 Å². The van der Waals surface area contributed by atoms with Crippen molar-refractivity contribution in [3.63, 3.8) is 0 Å². The van der Waals surface area contributed by atoms with E-state index in [9.17, 15) is 10.1 Å². The molecule has 2 aromatic rings. The number of ether oxygens (including phenoxy) is 3. The van der Waals surface area contributed by atoms with Crippen LogP contribution >= 0.6 is 11.6 Å². The van der Waals surface area contributed by atoms with Gasteiger partial charge in [0.15, 0.2) is 11.5 Å². The zero-order chi connectivity index (χ0) is 22.1. The van der Waals surface area contributed by atoms with Crippen molar-refractivity contribution in [1.82, 2.24) is 0 Å². The summed E-state index contributed by atoms with van der Waals surface area (Å²) < 4.78 is 16.6. The quantitative estimate of drug-likeness (QED) is 0.423. The molecule has 0 aliphatic rings. The van der Waals surface area contributed by atoms with Gasteiger partial charge in [-0.3, -0.25) is 4.79 Å². The molecule has 0 radical (unpaired) electrons. The monoisotopic (exact) mass is 428 g/mol. The summed E-state index contributed by atoms with van der Waals surface area (Å²) in [4.78, 5) is 12.5. The Kier molecular flexibility index (Phi) is 8.57. The number of nitrogens with one attached hydrogen (secondary N) is 1. The number of anilines is 1. The second-order valence-corrected chi connectivity index (χ2v) is 6.86. The highest BCUT2D eigenvalue weighted by atomic mass is 35.5. The van der Waals surface area contributed by atoms with Crippen molar-refractivity contribution in [3.8, 4) is 23.3 Å². The molecular formula is C23H25ClN2O4. The van der Waals surface area contributed by atoms with Gasteiger partial charge in [0, 0.05) is 5.69 Å². The smallest absolute Gasteiger partial charge is 0.266 e. The molecule has 7 heteroatoms. The summed E-state index contributed by atoms with van der Waals surface area (Å²) in [6.45, 7) is 6.39. The van der Waals surface area contributed by atoms with Crippen molar-refractivity contribution in [2.75, 3.05) is 19.0 Å². The molecule has 1 atom stereocenters. The van der Waals surface area contributed by atoms with Crippen LogP contribution in [0.5, 0.6) is 17.2 Å². The number of nitriles is 1. The van der Waals surface area contributed by atoms with E-state index in [4.69, 9.17) is 25.8 Å². The standard InChI is InChI=1S/C23H25ClN2O4/c1-5-15(3)30-22-20(24)12-16(13-21(22)28-4)11-17(14-25)23(27)26-18-7-9-19(10-8-18)29-6-2/h7-13,15H,5-6H2,1-4H3,(H,26,27)/b17-11-/t15-/m0/s1. The topological polar surface area (TPSA) is 80.6 Å². The van der Waals surface area contributed by atoms with Gasteiger partial charge in [0.1, 0.15) is 17.4 Å². The third kappa shape index (κ3) is 6.16. The Bertz CT molecular complexity index is 949. The third-order valence-electron chi connectivity index (χ3n) is 4.24. The molecule has 0 fully saturated rings. The molecule has 0 heterocycles. The maximum Gasteiger partial charge on any atom is 0.266 e. The molecule has 1 amide bonds. The molecular weight excluding hydrogens is 404 g/mol. The lowest BCUT2D eigenvalue weighted by Gasteiger charge is -2.17. The molecule has 0 saturated heterocycles. The Morgan fingerprint density at radius 2 is 1.97 bits per heavy atom. The maximum absolute atomic E-state index is 12.5. The summed E-state index contributed by atoms with van der Waals surface area (Å²) in [5.41, 5.74) is 1.03. The van der Waals surface area contributed by atoms with Crippen LogP contribution in [-0.2, 0) is 4.79 Å². The molecule has 0 bridgehead atoms. The van der Waals surface area contributed by atoms with Gasteiger partial charge in [-0.2, -0.15) is 5.26 Å². The predicted octanol–water partition coefficient (Wildman–Crippen LogP) is 5.47. The summed E-state index contributed by atoms with van der Waals surface area (Å²) in [5.74, 6) is 1.03. The SMILES string of the molecule is CCOc1ccc(NC(=O)/C(C#N)=C\c2cc(Cl)c(O[C@@H](C)CC)c(OC)c2)cc1. The minimum absolute atomic E-state index is 0.0349. The van der Waals surface area contributed by atoms with Gasteiger partial charge < -0.3 is 19.5 Å². The van der Waals surface area contributed by atoms with E-state index in [2.05, 4.69) is 5.32 Å². The van der Waals surface area contributed by atoms with Gasteiger partial charge in [0.25, 0.3) is 5.91 Å². The zero-order valence-electron chi connectivity index (χ0n) is 17.5. The fraction of sp³-hybridized carbons (Fsp3) is 0.304. The number of rotatable bonds is 9. The normalized spacial score (nSPS) is 11.9. The fourth-order valence-electron chi connectivity index (χ4n) is 2.54. The third-order valence-corrected chi connectivity index (χ3v) is 4.53. The van der Waals surface area contributed by atoms with Crippen LogP contribution in [0.1, 0.15) is 32.8 Å². The molecule has 2 aromatic carbocycles. The van der Waals surface area contributed by atoms with Crippen LogP contribution in [0, 0.1) is 11.3 Å². The van der Waals surface area contributed by atoms with E-state index < -0.39 is 5.91 Å². The van der Waals surface area contributed by atoms with E-state index in [1.165, 1.54) is 13.2 Å². The van der Waals surface area contributed by atoms with E-state index in [-0.39, 0.29) is 11.7 Å². The molecule has 0 aliphatic carbocycles. The minimum Gasteiger partial charge on any atom is -0.494 e. The first kappa shape index (κ1) is 23.1. The molecule has 1 N–H and O–H groups in total. The van der Waals surface area contributed by atoms with Crippen molar-refractivity contribution in [1.29, 1.82) is 5.26 Å². The average Bonchev–Trinajstić information content (AvgIpc) is 2.74. The number of amides is 1. The lowest BCUT2D eigenvalue weighted by atomic mass is 10.1. The van der Waals surface area contributed by atoms with Crippen molar-refractivity contribution in [3.05, 3.63) is 52.6 Å². The Morgan fingerprint density at radius 3 is 2.53 bits per heavy atom. The second-order valence-electron chi connectivity index (χ2n) is 6.45. The van der Waals surface area contributed by atoms with Gasteiger partial charge in [-0.25, -0.2) is 0 Å². The number of hydrogen-bond acceptors (Lipinski definition) is 5. The van der Waals surface area contributed by atoms with Crippen LogP contribution in [0.2, 0.25) is 5.02 Å². The van der Waals surface area contributed by atoms with Gasteiger partial charge in [0.05, 0.1) is 24.8 Å². The first-order valence-electron chi connectivity index (χ1n) is 9.61. The molecule has 0 unspecified atom stereocenters. The maximum atomic E-state index is 12.5. The Labute approximate surface area is 182 Å². The van der Waals surface area contributed by atoms with Crippen molar-refractivity contribution < 1.29 is 19.0 Å². The highest BCUT2D eigenvalue weighted by Crippen LogP contribution is 2.38. The summed E-state index contributed by atoms with van der Waals surface area (Å²) >= 11 is 6.36. The van der Waals surface area contributed by atoms with Crippen molar-refractivity contribution >= 4 is 29.3 Å². The molecule has 0 spiro atoms. The highest BCUT2D eigenvalue weighted by molar-refractivity contribution is 6.32. The lowest BCUT2D eigenvalue weighted by molar-refractivity contribution is -0.112. The van der Waals surface area contributed by atoms with Gasteiger partial charge in [-0.15, -0.1) is 0 Å². The Hall–Kier alpha value is -3.17. The van der Waals surface area contributed by atoms with E-state index in [1.807, 2.05) is 26.8 Å². The largest absolute Gasteiger partial charge is 0.494 e. The Balaban J connectivity index is 2.24. The highest BCUT2D eigenvalue weighted by Gasteiger charge is 2.16. The minimum atomic E-state index is -0.531. The fourth-order valence-corrected chi connectivity index (χ4v) is 2.80. The van der Waals surface area contributed by atoms with Gasteiger partial charge in [-0.05, 0) is 68.3 Å². The van der Waals surface area contributed by atoms with Crippen LogP contribution in [0.25, 0.3) is 6.08 Å². The molecule has 158 valence electrons. The van der Waals surface area contributed by atoms with Crippen molar-refractivity contribution in [2.45, 2.75) is 33.3 Å². The summed E-state index contributed by atoms with van der Waals surface area (Å²) in [5, 5.41) is 12.5. The number of methoxy groups -OCH3 is 1. The van der Waals surface area contributed by atoms with Gasteiger partial charge in [0.2, 0.25) is 0 Å². The van der Waals surface area contributed by atoms with Gasteiger partial charge in [-0.1, -0.05) is 18.5 Å². The first-order valence-corrected chi connectivity index (χ1v) is 9.99. The molecule has 0 saturated carbocycles. The number of hydrogen-bond donors (Lipinski definition) is 1. The molecule has 30 heavy (non-hydrogen) atoms. The molecule has 0 aromatic heterocycles. The predicted molar refractivity (Wildman–Crippen MR) is 118 cm³/mol. The second kappa shape index (κ2) is 11.1. The Morgan fingerprint density at radius 1 is 1.27 bits per heavy atom. The lowest BCUT2D eigenvalue weighted by Crippen LogP contribution is -2.13. The number of carbonyl (C=O) groups is 1. The van der Waals surface area contributed by atoms with Crippen LogP contribution in [0.3, 0.4) is 0 Å². The van der Waals surface area contributed by atoms with E-state index in [0.717, 1.165) is 6.42 Å². The van der Waals surface area contributed by atoms with E-state index in [1.54, 1.807) is 36.4 Å². The van der Waals surface area contributed by atoms with Crippen LogP contribution in [-0.4, -0.2) is 25.7 Å².